The quantitative estimate of drug-likeness (QED) is 0.557. The third-order valence-electron chi connectivity index (χ3n) is 6.16. The predicted molar refractivity (Wildman–Crippen MR) is 93.0 cm³/mol. The van der Waals surface area contributed by atoms with Crippen molar-refractivity contribution < 1.29 is 56.9 Å². The first-order chi connectivity index (χ1) is 10.7. The van der Waals surface area contributed by atoms with E-state index in [2.05, 4.69) is 27.1 Å². The summed E-state index contributed by atoms with van der Waals surface area (Å²) in [7, 11) is -3.20. The van der Waals surface area contributed by atoms with Gasteiger partial charge in [-0.2, -0.15) is 0 Å². The SMILES string of the molecule is C=P(O)(OCC1CC(C)C(C)C1O)OC1C(CO)CC(C)C1C.[Y]. The van der Waals surface area contributed by atoms with Crippen LogP contribution in [0.4, 0.5) is 0 Å². The number of hydrogen-bond acceptors (Lipinski definition) is 5. The van der Waals surface area contributed by atoms with Gasteiger partial charge in [0.25, 0.3) is 0 Å². The largest absolute Gasteiger partial charge is 0.396 e. The molecule has 3 N–H and O–H groups in total. The summed E-state index contributed by atoms with van der Waals surface area (Å²) >= 11 is 0. The number of aliphatic hydroxyl groups is 2. The zero-order valence-electron chi connectivity index (χ0n) is 15.3. The maximum absolute atomic E-state index is 10.5. The Balaban J connectivity index is 0.00000288. The van der Waals surface area contributed by atoms with Crippen molar-refractivity contribution in [1.82, 2.24) is 0 Å². The Labute approximate surface area is 171 Å². The van der Waals surface area contributed by atoms with Crippen LogP contribution in [0.3, 0.4) is 0 Å². The Bertz CT molecular complexity index is 449. The molecule has 0 amide bonds. The van der Waals surface area contributed by atoms with Gasteiger partial charge in [-0.3, -0.25) is 0 Å². The van der Waals surface area contributed by atoms with Crippen molar-refractivity contribution in [3.63, 3.8) is 0 Å². The molecule has 7 heteroatoms. The molecule has 2 rings (SSSR count). The van der Waals surface area contributed by atoms with Crippen LogP contribution < -0.4 is 0 Å². The molecular formula is C17H33O5PY. The molecule has 9 unspecified atom stereocenters. The van der Waals surface area contributed by atoms with Crippen molar-refractivity contribution in [2.75, 3.05) is 13.2 Å². The van der Waals surface area contributed by atoms with Crippen molar-refractivity contribution in [2.45, 2.75) is 52.7 Å². The molecule has 5 nitrogen and oxygen atoms in total. The van der Waals surface area contributed by atoms with Gasteiger partial charge in [0, 0.05) is 51.2 Å². The molecule has 0 aromatic carbocycles. The van der Waals surface area contributed by atoms with Crippen LogP contribution in [0.5, 0.6) is 0 Å². The van der Waals surface area contributed by atoms with Gasteiger partial charge in [0.15, 0.2) is 0 Å². The maximum atomic E-state index is 10.5. The van der Waals surface area contributed by atoms with E-state index in [1.165, 1.54) is 0 Å². The Morgan fingerprint density at radius 2 is 1.58 bits per heavy atom. The minimum atomic E-state index is -3.20. The molecule has 0 heterocycles. The molecule has 0 bridgehead atoms. The fourth-order valence-corrected chi connectivity index (χ4v) is 5.37. The van der Waals surface area contributed by atoms with Gasteiger partial charge in [-0.05, 0) is 42.8 Å². The second kappa shape index (κ2) is 9.42. The third-order valence-corrected chi connectivity index (χ3v) is 7.29. The van der Waals surface area contributed by atoms with Gasteiger partial charge in [-0.25, -0.2) is 0 Å². The molecule has 2 saturated carbocycles. The molecule has 0 spiro atoms. The second-order valence-electron chi connectivity index (χ2n) is 7.84. The molecule has 2 fully saturated rings. The first-order valence-electron chi connectivity index (χ1n) is 8.74. The van der Waals surface area contributed by atoms with E-state index in [1.807, 2.05) is 6.92 Å². The van der Waals surface area contributed by atoms with Crippen LogP contribution in [0, 0.1) is 35.5 Å². The van der Waals surface area contributed by atoms with Crippen LogP contribution in [-0.2, 0) is 41.8 Å². The van der Waals surface area contributed by atoms with E-state index in [-0.39, 0.29) is 75.7 Å². The van der Waals surface area contributed by atoms with Crippen molar-refractivity contribution >= 4 is 13.9 Å². The minimum absolute atomic E-state index is 0. The number of aliphatic hydroxyl groups excluding tert-OH is 2. The van der Waals surface area contributed by atoms with E-state index in [9.17, 15) is 15.1 Å². The van der Waals surface area contributed by atoms with Gasteiger partial charge in [0.2, 0.25) is 7.57 Å². The molecule has 0 aliphatic heterocycles. The number of rotatable bonds is 6. The van der Waals surface area contributed by atoms with Crippen molar-refractivity contribution in [3.05, 3.63) is 0 Å². The van der Waals surface area contributed by atoms with Crippen LogP contribution in [0.1, 0.15) is 40.5 Å². The molecule has 9 atom stereocenters. The standard InChI is InChI=1S/C17H33O5P.Y/c1-10-7-15(16(19)12(10)3)9-21-23(5,20)22-17-13(4)11(2)6-14(17)8-18;/h10-20H,5-9H2,1-4H3;. The van der Waals surface area contributed by atoms with E-state index in [0.717, 1.165) is 12.8 Å². The van der Waals surface area contributed by atoms with Crippen molar-refractivity contribution in [1.29, 1.82) is 0 Å². The second-order valence-corrected chi connectivity index (χ2v) is 9.58. The first-order valence-corrected chi connectivity index (χ1v) is 10.5. The molecular weight excluding hydrogens is 404 g/mol. The average molecular weight is 437 g/mol. The van der Waals surface area contributed by atoms with Gasteiger partial charge in [0.05, 0.1) is 18.8 Å². The molecule has 0 saturated heterocycles. The van der Waals surface area contributed by atoms with Crippen LogP contribution in [0.25, 0.3) is 0 Å². The Morgan fingerprint density at radius 1 is 1.04 bits per heavy atom. The van der Waals surface area contributed by atoms with Crippen molar-refractivity contribution in [3.8, 4) is 0 Å². The van der Waals surface area contributed by atoms with E-state index in [4.69, 9.17) is 9.05 Å². The van der Waals surface area contributed by atoms with Gasteiger partial charge < -0.3 is 24.2 Å². The number of hydrogen-bond donors (Lipinski definition) is 3. The molecule has 1 radical (unpaired) electrons. The van der Waals surface area contributed by atoms with Crippen LogP contribution in [0.2, 0.25) is 0 Å². The zero-order chi connectivity index (χ0) is 17.4. The maximum Gasteiger partial charge on any atom is 0.248 e. The van der Waals surface area contributed by atoms with E-state index in [0.29, 0.717) is 11.8 Å². The predicted octanol–water partition coefficient (Wildman–Crippen LogP) is 2.51. The Morgan fingerprint density at radius 3 is 2.08 bits per heavy atom. The Hall–Kier alpha value is 1.20. The van der Waals surface area contributed by atoms with Gasteiger partial charge >= 0.3 is 0 Å². The van der Waals surface area contributed by atoms with E-state index in [1.54, 1.807) is 0 Å². The van der Waals surface area contributed by atoms with Gasteiger partial charge in [-0.1, -0.05) is 27.7 Å². The summed E-state index contributed by atoms with van der Waals surface area (Å²) in [5, 5.41) is 19.7. The fourth-order valence-electron chi connectivity index (χ4n) is 4.14. The monoisotopic (exact) mass is 437 g/mol. The third kappa shape index (κ3) is 5.36. The van der Waals surface area contributed by atoms with E-state index >= 15 is 0 Å². The summed E-state index contributed by atoms with van der Waals surface area (Å²) in [6, 6.07) is 0. The summed E-state index contributed by atoms with van der Waals surface area (Å²) < 4.78 is 11.4. The summed E-state index contributed by atoms with van der Waals surface area (Å²) in [5.41, 5.74) is 0. The average Bonchev–Trinajstić information content (AvgIpc) is 2.89. The molecule has 0 aromatic rings. The fraction of sp³-hybridized carbons (Fsp3) is 0.941. The summed E-state index contributed by atoms with van der Waals surface area (Å²) in [4.78, 5) is 10.5. The topological polar surface area (TPSA) is 79.2 Å². The smallest absolute Gasteiger partial charge is 0.248 e. The molecule has 0 aromatic heterocycles. The molecule has 24 heavy (non-hydrogen) atoms. The first kappa shape index (κ1) is 23.2. The normalized spacial score (nSPS) is 45.0. The van der Waals surface area contributed by atoms with Crippen LogP contribution in [0.15, 0.2) is 0 Å². The minimum Gasteiger partial charge on any atom is -0.396 e. The van der Waals surface area contributed by atoms with Gasteiger partial charge in [-0.15, -0.1) is 0 Å². The molecule has 2 aliphatic rings. The van der Waals surface area contributed by atoms with Crippen LogP contribution >= 0.6 is 7.57 Å². The van der Waals surface area contributed by atoms with Gasteiger partial charge in [0.1, 0.15) is 0 Å². The van der Waals surface area contributed by atoms with Crippen molar-refractivity contribution in [2.24, 2.45) is 35.5 Å². The summed E-state index contributed by atoms with van der Waals surface area (Å²) in [5.74, 6) is 1.43. The molecule has 139 valence electrons. The zero-order valence-corrected chi connectivity index (χ0v) is 19.1. The Kier molecular flexibility index (Phi) is 9.12. The van der Waals surface area contributed by atoms with Crippen LogP contribution in [-0.4, -0.2) is 46.8 Å². The summed E-state index contributed by atoms with van der Waals surface area (Å²) in [6.45, 7) is 8.71. The summed E-state index contributed by atoms with van der Waals surface area (Å²) in [6.07, 6.45) is 4.89. The van der Waals surface area contributed by atoms with E-state index < -0.39 is 13.7 Å². The molecule has 2 aliphatic carbocycles.